The molecule has 0 radical (unpaired) electrons. The Labute approximate surface area is 175 Å². The molecule has 2 aliphatic rings. The highest BCUT2D eigenvalue weighted by Crippen LogP contribution is 2.26. The van der Waals surface area contributed by atoms with Crippen LogP contribution in [0.25, 0.3) is 0 Å². The zero-order chi connectivity index (χ0) is 23.3. The number of aliphatic hydroxyl groups excluding tert-OH is 2. The molecule has 0 bridgehead atoms. The molecule has 5 atom stereocenters. The maximum absolute atomic E-state index is 12.3. The average molecular weight is 444 g/mol. The summed E-state index contributed by atoms with van der Waals surface area (Å²) in [6.07, 6.45) is -6.77. The topological polar surface area (TPSA) is 215 Å². The van der Waals surface area contributed by atoms with Crippen molar-refractivity contribution in [2.45, 2.75) is 49.8 Å². The molecule has 172 valence electrons. The monoisotopic (exact) mass is 444 g/mol. The van der Waals surface area contributed by atoms with E-state index < -0.39 is 66.8 Å². The molecule has 4 amide bonds. The molecule has 2 rings (SSSR count). The molecule has 14 nitrogen and oxygen atoms in total. The number of nitrogens with zero attached hydrogens (tertiary/aromatic N) is 1. The number of aliphatic hydroxyl groups is 2. The summed E-state index contributed by atoms with van der Waals surface area (Å²) in [6, 6.07) is -2.22. The summed E-state index contributed by atoms with van der Waals surface area (Å²) in [5.74, 6) is -4.60. The zero-order valence-corrected chi connectivity index (χ0v) is 16.3. The number of hydrogen-bond donors (Lipinski definition) is 7. The van der Waals surface area contributed by atoms with Gasteiger partial charge in [-0.05, 0) is 0 Å². The molecular weight excluding hydrogens is 420 g/mol. The minimum atomic E-state index is -1.64. The van der Waals surface area contributed by atoms with Crippen molar-refractivity contribution in [3.63, 3.8) is 0 Å². The van der Waals surface area contributed by atoms with Crippen molar-refractivity contribution in [3.8, 4) is 0 Å². The number of aliphatic carboxylic acids is 2. The molecule has 0 aliphatic carbocycles. The Morgan fingerprint density at radius 3 is 2.48 bits per heavy atom. The van der Waals surface area contributed by atoms with Gasteiger partial charge in [0.1, 0.15) is 18.2 Å². The SMILES string of the molecule is C=C1CCN([C@@H]2O[C@H](C(=O)NCCC(=O)NC(CC(=O)O)C(=O)O)[C@@H](O)[C@H]2O)C(=O)N1. The number of nitrogens with one attached hydrogen (secondary N) is 3. The van der Waals surface area contributed by atoms with E-state index in [1.807, 2.05) is 5.32 Å². The van der Waals surface area contributed by atoms with Crippen LogP contribution in [0.2, 0.25) is 0 Å². The van der Waals surface area contributed by atoms with Gasteiger partial charge in [0.05, 0.1) is 6.42 Å². The smallest absolute Gasteiger partial charge is 0.326 e. The summed E-state index contributed by atoms with van der Waals surface area (Å²) in [7, 11) is 0. The van der Waals surface area contributed by atoms with E-state index in [1.54, 1.807) is 0 Å². The van der Waals surface area contributed by atoms with Crippen molar-refractivity contribution in [1.82, 2.24) is 20.9 Å². The Morgan fingerprint density at radius 1 is 1.23 bits per heavy atom. The molecule has 2 fully saturated rings. The first-order valence-electron chi connectivity index (χ1n) is 9.30. The van der Waals surface area contributed by atoms with Gasteiger partial charge < -0.3 is 41.1 Å². The minimum Gasteiger partial charge on any atom is -0.481 e. The number of hydrogen-bond acceptors (Lipinski definition) is 8. The Hall–Kier alpha value is -3.23. The van der Waals surface area contributed by atoms with Crippen molar-refractivity contribution in [3.05, 3.63) is 12.3 Å². The summed E-state index contributed by atoms with van der Waals surface area (Å²) >= 11 is 0. The van der Waals surface area contributed by atoms with E-state index in [0.717, 1.165) is 4.90 Å². The number of carboxylic acid groups (broad SMARTS) is 2. The predicted molar refractivity (Wildman–Crippen MR) is 99.1 cm³/mol. The number of carboxylic acids is 2. The van der Waals surface area contributed by atoms with E-state index in [4.69, 9.17) is 14.9 Å². The maximum Gasteiger partial charge on any atom is 0.326 e. The van der Waals surface area contributed by atoms with E-state index in [-0.39, 0.29) is 19.5 Å². The Bertz CT molecular complexity index is 772. The second-order valence-corrected chi connectivity index (χ2v) is 7.00. The van der Waals surface area contributed by atoms with Gasteiger partial charge in [-0.3, -0.25) is 19.3 Å². The molecule has 0 spiro atoms. The number of urea groups is 1. The number of ether oxygens (including phenoxy) is 1. The van der Waals surface area contributed by atoms with Gasteiger partial charge in [0.15, 0.2) is 12.3 Å². The highest BCUT2D eigenvalue weighted by Gasteiger charge is 2.50. The molecule has 14 heteroatoms. The van der Waals surface area contributed by atoms with Crippen LogP contribution in [-0.4, -0.2) is 98.8 Å². The third-order valence-corrected chi connectivity index (χ3v) is 4.67. The van der Waals surface area contributed by atoms with Crippen LogP contribution in [0.15, 0.2) is 12.3 Å². The molecular formula is C17H24N4O10. The largest absolute Gasteiger partial charge is 0.481 e. The molecule has 2 aliphatic heterocycles. The fourth-order valence-electron chi connectivity index (χ4n) is 3.06. The molecule has 0 aromatic heterocycles. The number of rotatable bonds is 9. The van der Waals surface area contributed by atoms with Crippen LogP contribution in [0.5, 0.6) is 0 Å². The highest BCUT2D eigenvalue weighted by atomic mass is 16.6. The second-order valence-electron chi connectivity index (χ2n) is 7.00. The molecule has 0 aromatic rings. The van der Waals surface area contributed by atoms with E-state index in [0.29, 0.717) is 12.1 Å². The second kappa shape index (κ2) is 10.2. The average Bonchev–Trinajstić information content (AvgIpc) is 2.96. The maximum atomic E-state index is 12.3. The number of amides is 4. The normalized spacial score (nSPS) is 26.7. The molecule has 7 N–H and O–H groups in total. The van der Waals surface area contributed by atoms with Crippen LogP contribution < -0.4 is 16.0 Å². The Balaban J connectivity index is 1.84. The lowest BCUT2D eigenvalue weighted by atomic mass is 10.1. The fourth-order valence-corrected chi connectivity index (χ4v) is 3.06. The van der Waals surface area contributed by atoms with Crippen molar-refractivity contribution < 1.29 is 49.1 Å². The minimum absolute atomic E-state index is 0.161. The van der Waals surface area contributed by atoms with Crippen LogP contribution in [-0.2, 0) is 23.9 Å². The van der Waals surface area contributed by atoms with Crippen LogP contribution in [0.1, 0.15) is 19.3 Å². The van der Waals surface area contributed by atoms with E-state index in [9.17, 15) is 34.2 Å². The molecule has 0 saturated carbocycles. The molecule has 2 heterocycles. The van der Waals surface area contributed by atoms with Crippen molar-refractivity contribution in [2.75, 3.05) is 13.1 Å². The third-order valence-electron chi connectivity index (χ3n) is 4.67. The number of carbonyl (C=O) groups is 5. The van der Waals surface area contributed by atoms with Gasteiger partial charge in [0.2, 0.25) is 5.91 Å². The molecule has 31 heavy (non-hydrogen) atoms. The molecule has 1 unspecified atom stereocenters. The summed E-state index contributed by atoms with van der Waals surface area (Å²) in [4.78, 5) is 58.8. The summed E-state index contributed by atoms with van der Waals surface area (Å²) in [5.41, 5.74) is 0.482. The zero-order valence-electron chi connectivity index (χ0n) is 16.3. The summed E-state index contributed by atoms with van der Waals surface area (Å²) < 4.78 is 5.37. The predicted octanol–water partition coefficient (Wildman–Crippen LogP) is -3.09. The lowest BCUT2D eigenvalue weighted by Crippen LogP contribution is -2.54. The van der Waals surface area contributed by atoms with E-state index in [2.05, 4.69) is 17.2 Å². The third kappa shape index (κ3) is 6.13. The van der Waals surface area contributed by atoms with E-state index >= 15 is 0 Å². The Kier molecular flexibility index (Phi) is 7.90. The van der Waals surface area contributed by atoms with Gasteiger partial charge in [0.25, 0.3) is 5.91 Å². The molecule has 2 saturated heterocycles. The summed E-state index contributed by atoms with van der Waals surface area (Å²) in [5, 5.41) is 44.6. The van der Waals surface area contributed by atoms with Crippen LogP contribution >= 0.6 is 0 Å². The van der Waals surface area contributed by atoms with Crippen LogP contribution in [0, 0.1) is 0 Å². The lowest BCUT2D eigenvalue weighted by Gasteiger charge is -2.34. The van der Waals surface area contributed by atoms with Crippen molar-refractivity contribution in [1.29, 1.82) is 0 Å². The highest BCUT2D eigenvalue weighted by molar-refractivity contribution is 5.87. The standard InChI is InChI=1S/C17H24N4O10/c1-7-3-5-21(17(30)19-7)15-12(26)11(25)13(31-15)14(27)18-4-2-9(22)20-8(16(28)29)6-10(23)24/h8,11-13,15,25-26H,1-6H2,(H,18,27)(H,19,30)(H,20,22)(H,23,24)(H,28,29)/t8?,11-,12+,13-,15+/m0/s1. The van der Waals surface area contributed by atoms with Crippen molar-refractivity contribution in [2.24, 2.45) is 0 Å². The van der Waals surface area contributed by atoms with Crippen molar-refractivity contribution >= 4 is 29.8 Å². The number of carbonyl (C=O) groups excluding carboxylic acids is 3. The Morgan fingerprint density at radius 2 is 1.90 bits per heavy atom. The van der Waals surface area contributed by atoms with Gasteiger partial charge in [0, 0.05) is 31.6 Å². The first-order chi connectivity index (χ1) is 14.5. The van der Waals surface area contributed by atoms with Gasteiger partial charge in [-0.25, -0.2) is 9.59 Å². The quantitative estimate of drug-likeness (QED) is 0.190. The van der Waals surface area contributed by atoms with Crippen LogP contribution in [0.4, 0.5) is 4.79 Å². The van der Waals surface area contributed by atoms with Gasteiger partial charge in [-0.2, -0.15) is 0 Å². The van der Waals surface area contributed by atoms with Gasteiger partial charge >= 0.3 is 18.0 Å². The van der Waals surface area contributed by atoms with E-state index in [1.165, 1.54) is 0 Å². The first-order valence-corrected chi connectivity index (χ1v) is 9.30. The lowest BCUT2D eigenvalue weighted by molar-refractivity contribution is -0.147. The molecule has 0 aromatic carbocycles. The first kappa shape index (κ1) is 24.0. The van der Waals surface area contributed by atoms with Gasteiger partial charge in [-0.1, -0.05) is 6.58 Å². The van der Waals surface area contributed by atoms with Gasteiger partial charge in [-0.15, -0.1) is 0 Å². The summed E-state index contributed by atoms with van der Waals surface area (Å²) in [6.45, 7) is 3.51. The fraction of sp³-hybridized carbons (Fsp3) is 0.588. The van der Waals surface area contributed by atoms with Crippen LogP contribution in [0.3, 0.4) is 0 Å².